The van der Waals surface area contributed by atoms with E-state index in [1.165, 1.54) is 28.3 Å². The van der Waals surface area contributed by atoms with Gasteiger partial charge in [-0.2, -0.15) is 0 Å². The number of nitrogens with zero attached hydrogens (tertiary/aromatic N) is 4. The van der Waals surface area contributed by atoms with Crippen molar-refractivity contribution in [2.45, 2.75) is 25.0 Å². The Labute approximate surface area is 205 Å². The summed E-state index contributed by atoms with van der Waals surface area (Å²) in [7, 11) is 0. The molecule has 0 saturated carbocycles. The van der Waals surface area contributed by atoms with E-state index in [0.29, 0.717) is 36.4 Å². The summed E-state index contributed by atoms with van der Waals surface area (Å²) in [6.45, 7) is 3.85. The zero-order valence-electron chi connectivity index (χ0n) is 18.6. The predicted molar refractivity (Wildman–Crippen MR) is 132 cm³/mol. The van der Waals surface area contributed by atoms with Crippen LogP contribution >= 0.6 is 23.1 Å². The zero-order valence-corrected chi connectivity index (χ0v) is 20.2. The summed E-state index contributed by atoms with van der Waals surface area (Å²) in [6, 6.07) is 16.0. The number of amides is 1. The molecule has 0 radical (unpaired) electrons. The van der Waals surface area contributed by atoms with E-state index in [1.54, 1.807) is 34.1 Å². The van der Waals surface area contributed by atoms with Gasteiger partial charge in [-0.15, -0.1) is 21.5 Å². The molecule has 0 fully saturated rings. The van der Waals surface area contributed by atoms with E-state index in [0.717, 1.165) is 17.7 Å². The molecule has 4 aromatic rings. The summed E-state index contributed by atoms with van der Waals surface area (Å²) >= 11 is 3.02. The molecule has 1 aliphatic rings. The highest BCUT2D eigenvalue weighted by Gasteiger charge is 2.24. The first-order valence-electron chi connectivity index (χ1n) is 11.0. The average Bonchev–Trinajstić information content (AvgIpc) is 3.50. The number of hydrogen-bond donors (Lipinski definition) is 0. The second-order valence-corrected chi connectivity index (χ2v) is 9.72. The van der Waals surface area contributed by atoms with Gasteiger partial charge in [0.1, 0.15) is 11.6 Å². The Hall–Kier alpha value is -3.17. The van der Waals surface area contributed by atoms with Crippen LogP contribution in [0, 0.1) is 5.82 Å². The van der Waals surface area contributed by atoms with Crippen LogP contribution in [0.25, 0.3) is 17.1 Å². The van der Waals surface area contributed by atoms with Crippen molar-refractivity contribution in [2.24, 2.45) is 0 Å². The molecule has 34 heavy (non-hydrogen) atoms. The summed E-state index contributed by atoms with van der Waals surface area (Å²) in [4.78, 5) is 16.2. The van der Waals surface area contributed by atoms with Gasteiger partial charge in [0.05, 0.1) is 18.0 Å². The Bertz CT molecular complexity index is 1300. The molecule has 9 heteroatoms. The Kier molecular flexibility index (Phi) is 6.64. The molecule has 0 spiro atoms. The topological polar surface area (TPSA) is 60.3 Å². The van der Waals surface area contributed by atoms with Crippen molar-refractivity contribution in [2.75, 3.05) is 18.9 Å². The van der Waals surface area contributed by atoms with Gasteiger partial charge in [0.2, 0.25) is 5.91 Å². The van der Waals surface area contributed by atoms with Crippen LogP contribution in [0.2, 0.25) is 0 Å². The highest BCUT2D eigenvalue weighted by Crippen LogP contribution is 2.31. The summed E-state index contributed by atoms with van der Waals surface area (Å²) in [5.74, 6) is 1.11. The lowest BCUT2D eigenvalue weighted by Gasteiger charge is -2.26. The van der Waals surface area contributed by atoms with Crippen molar-refractivity contribution in [3.8, 4) is 22.8 Å². The Morgan fingerprint density at radius 1 is 1.15 bits per heavy atom. The lowest BCUT2D eigenvalue weighted by Crippen LogP contribution is -2.36. The number of para-hydroxylation sites is 1. The highest BCUT2D eigenvalue weighted by molar-refractivity contribution is 7.99. The fourth-order valence-corrected chi connectivity index (χ4v) is 5.68. The number of rotatable bonds is 7. The van der Waals surface area contributed by atoms with Crippen molar-refractivity contribution in [3.63, 3.8) is 0 Å². The third-order valence-electron chi connectivity index (χ3n) is 5.64. The van der Waals surface area contributed by atoms with E-state index in [9.17, 15) is 9.18 Å². The number of aromatic nitrogens is 3. The number of halogens is 1. The third kappa shape index (κ3) is 4.58. The summed E-state index contributed by atoms with van der Waals surface area (Å²) in [6.07, 6.45) is 0.886. The number of thiophene rings is 1. The molecule has 2 aromatic heterocycles. The first-order valence-corrected chi connectivity index (χ1v) is 12.9. The van der Waals surface area contributed by atoms with Crippen LogP contribution in [-0.4, -0.2) is 44.5 Å². The van der Waals surface area contributed by atoms with Gasteiger partial charge >= 0.3 is 0 Å². The summed E-state index contributed by atoms with van der Waals surface area (Å²) in [5.41, 5.74) is 2.34. The summed E-state index contributed by atoms with van der Waals surface area (Å²) < 4.78 is 22.0. The van der Waals surface area contributed by atoms with Gasteiger partial charge in [-0.05, 0) is 66.8 Å². The van der Waals surface area contributed by atoms with Gasteiger partial charge in [0.15, 0.2) is 11.0 Å². The van der Waals surface area contributed by atoms with E-state index in [4.69, 9.17) is 4.74 Å². The second kappa shape index (κ2) is 9.99. The molecular formula is C25H23FN4O2S2. The molecule has 5 rings (SSSR count). The maximum atomic E-state index is 14.8. The molecular weight excluding hydrogens is 471 g/mol. The van der Waals surface area contributed by atoms with Crippen LogP contribution in [0.3, 0.4) is 0 Å². The van der Waals surface area contributed by atoms with Crippen molar-refractivity contribution >= 4 is 29.0 Å². The maximum absolute atomic E-state index is 14.8. The number of ether oxygens (including phenoxy) is 1. The normalized spacial score (nSPS) is 13.1. The number of thioether (sulfide) groups is 1. The van der Waals surface area contributed by atoms with Crippen molar-refractivity contribution in [3.05, 3.63) is 76.2 Å². The van der Waals surface area contributed by atoms with Gasteiger partial charge in [0, 0.05) is 23.5 Å². The smallest absolute Gasteiger partial charge is 0.233 e. The third-order valence-corrected chi connectivity index (χ3v) is 7.57. The standard InChI is InChI=1S/C25H23FN4O2S2/c1-2-32-19-9-7-17(8-10-19)24-27-28-25(30(24)21-6-4-3-5-20(21)26)34-16-23(31)29-13-11-22-18(15-29)12-14-33-22/h3-10,12,14H,2,11,13,15-16H2,1H3. The molecule has 0 aliphatic carbocycles. The van der Waals surface area contributed by atoms with Gasteiger partial charge in [-0.25, -0.2) is 4.39 Å². The fraction of sp³-hybridized carbons (Fsp3) is 0.240. The Morgan fingerprint density at radius 3 is 2.76 bits per heavy atom. The number of benzene rings is 2. The minimum atomic E-state index is -0.385. The van der Waals surface area contributed by atoms with Crippen molar-refractivity contribution in [1.29, 1.82) is 0 Å². The molecule has 6 nitrogen and oxygen atoms in total. The van der Waals surface area contributed by atoms with Crippen LogP contribution in [0.15, 0.2) is 65.1 Å². The van der Waals surface area contributed by atoms with E-state index in [2.05, 4.69) is 21.6 Å². The van der Waals surface area contributed by atoms with E-state index < -0.39 is 0 Å². The molecule has 3 heterocycles. The van der Waals surface area contributed by atoms with E-state index in [-0.39, 0.29) is 17.5 Å². The Balaban J connectivity index is 1.41. The maximum Gasteiger partial charge on any atom is 0.233 e. The van der Waals surface area contributed by atoms with Crippen LogP contribution in [-0.2, 0) is 17.8 Å². The van der Waals surface area contributed by atoms with Gasteiger partial charge in [-0.3, -0.25) is 9.36 Å². The molecule has 1 aliphatic heterocycles. The predicted octanol–water partition coefficient (Wildman–Crippen LogP) is 5.21. The highest BCUT2D eigenvalue weighted by atomic mass is 32.2. The number of carbonyl (C=O) groups is 1. The first-order chi connectivity index (χ1) is 16.6. The SMILES string of the molecule is CCOc1ccc(-c2nnc(SCC(=O)N3CCc4sccc4C3)n2-c2ccccc2F)cc1. The van der Waals surface area contributed by atoms with E-state index in [1.807, 2.05) is 36.1 Å². The van der Waals surface area contributed by atoms with Gasteiger partial charge < -0.3 is 9.64 Å². The number of fused-ring (bicyclic) bond motifs is 1. The second-order valence-electron chi connectivity index (χ2n) is 7.77. The molecule has 0 unspecified atom stereocenters. The minimum absolute atomic E-state index is 0.0348. The summed E-state index contributed by atoms with van der Waals surface area (Å²) in [5, 5.41) is 11.2. The average molecular weight is 495 g/mol. The lowest BCUT2D eigenvalue weighted by atomic mass is 10.1. The molecule has 0 N–H and O–H groups in total. The molecule has 174 valence electrons. The van der Waals surface area contributed by atoms with Gasteiger partial charge in [0.25, 0.3) is 0 Å². The quantitative estimate of drug-likeness (QED) is 0.330. The Morgan fingerprint density at radius 2 is 1.97 bits per heavy atom. The van der Waals surface area contributed by atoms with Gasteiger partial charge in [-0.1, -0.05) is 23.9 Å². The van der Waals surface area contributed by atoms with Crippen molar-refractivity contribution in [1.82, 2.24) is 19.7 Å². The van der Waals surface area contributed by atoms with Crippen LogP contribution in [0.5, 0.6) is 5.75 Å². The fourth-order valence-electron chi connectivity index (χ4n) is 3.95. The van der Waals surface area contributed by atoms with Crippen LogP contribution in [0.4, 0.5) is 4.39 Å². The van der Waals surface area contributed by atoms with Crippen molar-refractivity contribution < 1.29 is 13.9 Å². The number of carbonyl (C=O) groups excluding carboxylic acids is 1. The van der Waals surface area contributed by atoms with Crippen LogP contribution in [0.1, 0.15) is 17.4 Å². The van der Waals surface area contributed by atoms with Crippen LogP contribution < -0.4 is 4.74 Å². The monoisotopic (exact) mass is 494 g/mol. The zero-order chi connectivity index (χ0) is 23.5. The molecule has 2 aromatic carbocycles. The largest absolute Gasteiger partial charge is 0.494 e. The molecule has 0 bridgehead atoms. The molecule has 0 saturated heterocycles. The number of hydrogen-bond acceptors (Lipinski definition) is 6. The van der Waals surface area contributed by atoms with E-state index >= 15 is 0 Å². The minimum Gasteiger partial charge on any atom is -0.494 e. The molecule has 0 atom stereocenters. The first kappa shape index (κ1) is 22.6. The molecule has 1 amide bonds. The lowest BCUT2D eigenvalue weighted by molar-refractivity contribution is -0.129.